The topological polar surface area (TPSA) is 67.4 Å². The van der Waals surface area contributed by atoms with Gasteiger partial charge in [-0.1, -0.05) is 13.8 Å². The molecule has 2 N–H and O–H groups in total. The molecule has 8 heteroatoms. The number of hydrogen-bond donors (Lipinski definition) is 2. The molecule has 1 unspecified atom stereocenters. The van der Waals surface area contributed by atoms with Crippen LogP contribution in [0.15, 0.2) is 14.7 Å². The van der Waals surface area contributed by atoms with Gasteiger partial charge in [-0.3, -0.25) is 0 Å². The summed E-state index contributed by atoms with van der Waals surface area (Å²) in [6.45, 7) is 7.13. The van der Waals surface area contributed by atoms with Crippen LogP contribution >= 0.6 is 27.3 Å². The van der Waals surface area contributed by atoms with Gasteiger partial charge in [-0.25, -0.2) is 13.1 Å². The second-order valence-electron chi connectivity index (χ2n) is 5.19. The molecule has 0 aromatic carbocycles. The Morgan fingerprint density at radius 1 is 1.38 bits per heavy atom. The number of halogens is 1. The lowest BCUT2D eigenvalue weighted by atomic mass is 10.3. The van der Waals surface area contributed by atoms with Crippen LogP contribution in [0.3, 0.4) is 0 Å². The molecule has 1 aromatic heterocycles. The van der Waals surface area contributed by atoms with Crippen molar-refractivity contribution in [2.45, 2.75) is 50.7 Å². The number of rotatable bonds is 9. The van der Waals surface area contributed by atoms with Gasteiger partial charge < -0.3 is 10.1 Å². The zero-order valence-electron chi connectivity index (χ0n) is 12.8. The maximum absolute atomic E-state index is 12.4. The Bertz CT molecular complexity index is 544. The molecule has 0 aliphatic carbocycles. The molecular weight excluding hydrogens is 376 g/mol. The highest BCUT2D eigenvalue weighted by molar-refractivity contribution is 9.11. The van der Waals surface area contributed by atoms with Crippen LogP contribution in [-0.2, 0) is 21.3 Å². The van der Waals surface area contributed by atoms with Gasteiger partial charge in [0.15, 0.2) is 0 Å². The van der Waals surface area contributed by atoms with Crippen LogP contribution in [0, 0.1) is 0 Å². The van der Waals surface area contributed by atoms with Gasteiger partial charge >= 0.3 is 0 Å². The predicted molar refractivity (Wildman–Crippen MR) is 90.3 cm³/mol. The van der Waals surface area contributed by atoms with Crippen molar-refractivity contribution >= 4 is 37.3 Å². The van der Waals surface area contributed by atoms with E-state index in [1.165, 1.54) is 11.3 Å². The summed E-state index contributed by atoms with van der Waals surface area (Å²) in [6.07, 6.45) is 0.638. The monoisotopic (exact) mass is 398 g/mol. The first-order chi connectivity index (χ1) is 9.76. The minimum Gasteiger partial charge on any atom is -0.385 e. The van der Waals surface area contributed by atoms with Gasteiger partial charge in [0.1, 0.15) is 4.90 Å². The zero-order chi connectivity index (χ0) is 16.0. The lowest BCUT2D eigenvalue weighted by Crippen LogP contribution is -2.33. The standard InChI is InChI=1S/C13H23BrN2O3S2/c1-9(2)15-8-11-7-12(13(14)20-11)21(17,18)16-10(3)5-6-19-4/h7,9-10,15-16H,5-6,8H2,1-4H3. The Kier molecular flexibility index (Phi) is 7.80. The Hall–Kier alpha value is 0.01000. The van der Waals surface area contributed by atoms with E-state index in [0.29, 0.717) is 34.3 Å². The SMILES string of the molecule is COCCC(C)NS(=O)(=O)c1cc(CNC(C)C)sc1Br. The third-order valence-corrected chi connectivity index (χ3v) is 6.63. The minimum atomic E-state index is -3.51. The van der Waals surface area contributed by atoms with E-state index in [0.717, 1.165) is 4.88 Å². The first-order valence-electron chi connectivity index (χ1n) is 6.79. The average Bonchev–Trinajstić information content (AvgIpc) is 2.75. The molecule has 21 heavy (non-hydrogen) atoms. The largest absolute Gasteiger partial charge is 0.385 e. The van der Waals surface area contributed by atoms with Gasteiger partial charge in [-0.05, 0) is 35.3 Å². The second kappa shape index (κ2) is 8.59. The molecule has 0 saturated carbocycles. The first kappa shape index (κ1) is 19.1. The van der Waals surface area contributed by atoms with E-state index >= 15 is 0 Å². The van der Waals surface area contributed by atoms with Crippen LogP contribution in [-0.4, -0.2) is 34.2 Å². The molecule has 122 valence electrons. The van der Waals surface area contributed by atoms with Crippen molar-refractivity contribution in [1.29, 1.82) is 0 Å². The van der Waals surface area contributed by atoms with Crippen molar-refractivity contribution < 1.29 is 13.2 Å². The normalized spacial score (nSPS) is 13.8. The molecular formula is C13H23BrN2O3S2. The van der Waals surface area contributed by atoms with Crippen LogP contribution in [0.4, 0.5) is 0 Å². The Morgan fingerprint density at radius 3 is 2.62 bits per heavy atom. The van der Waals surface area contributed by atoms with Gasteiger partial charge in [0.2, 0.25) is 10.0 Å². The van der Waals surface area contributed by atoms with Crippen molar-refractivity contribution in [2.24, 2.45) is 0 Å². The summed E-state index contributed by atoms with van der Waals surface area (Å²) in [5.74, 6) is 0. The van der Waals surface area contributed by atoms with Crippen LogP contribution in [0.25, 0.3) is 0 Å². The van der Waals surface area contributed by atoms with Crippen molar-refractivity contribution in [3.63, 3.8) is 0 Å². The summed E-state index contributed by atoms with van der Waals surface area (Å²) in [6, 6.07) is 1.91. The first-order valence-corrected chi connectivity index (χ1v) is 9.88. The van der Waals surface area contributed by atoms with Crippen molar-refractivity contribution in [3.05, 3.63) is 14.7 Å². The van der Waals surface area contributed by atoms with Gasteiger partial charge in [-0.15, -0.1) is 11.3 Å². The fourth-order valence-corrected chi connectivity index (χ4v) is 5.57. The van der Waals surface area contributed by atoms with Crippen molar-refractivity contribution in [2.75, 3.05) is 13.7 Å². The van der Waals surface area contributed by atoms with Gasteiger partial charge in [0, 0.05) is 37.2 Å². The molecule has 0 radical (unpaired) electrons. The summed E-state index contributed by atoms with van der Waals surface area (Å²) >= 11 is 4.79. The molecule has 1 rings (SSSR count). The molecule has 0 aliphatic heterocycles. The van der Waals surface area contributed by atoms with Gasteiger partial charge in [0.05, 0.1) is 3.79 Å². The van der Waals surface area contributed by atoms with Crippen LogP contribution in [0.2, 0.25) is 0 Å². The molecule has 0 spiro atoms. The predicted octanol–water partition coefficient (Wildman–Crippen LogP) is 2.71. The number of sulfonamides is 1. The average molecular weight is 399 g/mol. The van der Waals surface area contributed by atoms with Crippen LogP contribution < -0.4 is 10.0 Å². The lowest BCUT2D eigenvalue weighted by Gasteiger charge is -2.13. The highest BCUT2D eigenvalue weighted by Gasteiger charge is 2.22. The number of thiophene rings is 1. The Labute approximate surface area is 139 Å². The molecule has 0 fully saturated rings. The highest BCUT2D eigenvalue weighted by atomic mass is 79.9. The van der Waals surface area contributed by atoms with E-state index < -0.39 is 10.0 Å². The van der Waals surface area contributed by atoms with E-state index in [9.17, 15) is 8.42 Å². The van der Waals surface area contributed by atoms with Crippen molar-refractivity contribution in [3.8, 4) is 0 Å². The van der Waals surface area contributed by atoms with E-state index in [4.69, 9.17) is 4.74 Å². The Morgan fingerprint density at radius 2 is 2.05 bits per heavy atom. The Balaban J connectivity index is 2.78. The third kappa shape index (κ3) is 6.33. The third-order valence-electron chi connectivity index (χ3n) is 2.79. The molecule has 0 amide bonds. The van der Waals surface area contributed by atoms with Crippen LogP contribution in [0.5, 0.6) is 0 Å². The number of methoxy groups -OCH3 is 1. The van der Waals surface area contributed by atoms with Crippen molar-refractivity contribution in [1.82, 2.24) is 10.0 Å². The summed E-state index contributed by atoms with van der Waals surface area (Å²) in [5, 5.41) is 3.28. The number of hydrogen-bond acceptors (Lipinski definition) is 5. The summed E-state index contributed by atoms with van der Waals surface area (Å²) in [4.78, 5) is 1.29. The summed E-state index contributed by atoms with van der Waals surface area (Å²) < 4.78 is 33.0. The molecule has 0 saturated heterocycles. The smallest absolute Gasteiger partial charge is 0.242 e. The van der Waals surface area contributed by atoms with E-state index in [2.05, 4.69) is 39.8 Å². The van der Waals surface area contributed by atoms with E-state index in [-0.39, 0.29) is 6.04 Å². The van der Waals surface area contributed by atoms with E-state index in [1.54, 1.807) is 13.2 Å². The fraction of sp³-hybridized carbons (Fsp3) is 0.692. The summed E-state index contributed by atoms with van der Waals surface area (Å²) in [7, 11) is -1.91. The summed E-state index contributed by atoms with van der Waals surface area (Å²) in [5.41, 5.74) is 0. The minimum absolute atomic E-state index is 0.168. The quantitative estimate of drug-likeness (QED) is 0.670. The number of ether oxygens (including phenoxy) is 1. The lowest BCUT2D eigenvalue weighted by molar-refractivity contribution is 0.188. The van der Waals surface area contributed by atoms with E-state index in [1.807, 2.05) is 6.92 Å². The molecule has 1 heterocycles. The fourth-order valence-electron chi connectivity index (χ4n) is 1.65. The molecule has 0 bridgehead atoms. The highest BCUT2D eigenvalue weighted by Crippen LogP contribution is 2.31. The van der Waals surface area contributed by atoms with Gasteiger partial charge in [0.25, 0.3) is 0 Å². The number of nitrogens with one attached hydrogen (secondary N) is 2. The molecule has 1 atom stereocenters. The second-order valence-corrected chi connectivity index (χ2v) is 9.33. The zero-order valence-corrected chi connectivity index (χ0v) is 16.0. The maximum Gasteiger partial charge on any atom is 0.242 e. The van der Waals surface area contributed by atoms with Gasteiger partial charge in [-0.2, -0.15) is 0 Å². The molecule has 5 nitrogen and oxygen atoms in total. The molecule has 0 aliphatic rings. The maximum atomic E-state index is 12.4. The van der Waals surface area contributed by atoms with Crippen LogP contribution in [0.1, 0.15) is 32.1 Å². The molecule has 1 aromatic rings.